The van der Waals surface area contributed by atoms with Gasteiger partial charge in [-0.25, -0.2) is 0 Å². The second-order valence-electron chi connectivity index (χ2n) is 20.6. The van der Waals surface area contributed by atoms with Crippen molar-refractivity contribution in [2.75, 3.05) is 6.61 Å². The maximum Gasteiger partial charge on any atom is 0.426 e. The monoisotopic (exact) mass is 1220 g/mol. The molecular formula is C54H106F6I2O6. The van der Waals surface area contributed by atoms with E-state index in [0.717, 1.165) is 30.1 Å². The summed E-state index contributed by atoms with van der Waals surface area (Å²) in [6, 6.07) is 0. The first-order valence-electron chi connectivity index (χ1n) is 22.7. The van der Waals surface area contributed by atoms with Crippen molar-refractivity contribution in [2.24, 2.45) is 94.2 Å². The third-order valence-corrected chi connectivity index (χ3v) is 16.8. The molecule has 414 valence electrons. The van der Waals surface area contributed by atoms with Crippen LogP contribution in [0.15, 0.2) is 0 Å². The van der Waals surface area contributed by atoms with Gasteiger partial charge >= 0.3 is 30.3 Å². The Kier molecular flexibility index (Phi) is 38.0. The van der Waals surface area contributed by atoms with Gasteiger partial charge in [0.05, 0.1) is 23.9 Å². The first kappa shape index (κ1) is 79.0. The number of fused-ring (bicyclic) bond motifs is 4. The average Bonchev–Trinajstić information content (AvgIpc) is 3.98. The summed E-state index contributed by atoms with van der Waals surface area (Å²) < 4.78 is 85.4. The van der Waals surface area contributed by atoms with Crippen LogP contribution in [-0.4, -0.2) is 47.6 Å². The molecule has 8 bridgehead atoms. The summed E-state index contributed by atoms with van der Waals surface area (Å²) in [6.07, 6.45) is 3.46. The van der Waals surface area contributed by atoms with Crippen LogP contribution in [0.2, 0.25) is 0 Å². The topological polar surface area (TPSA) is 89.9 Å². The number of esters is 3. The van der Waals surface area contributed by atoms with E-state index >= 15 is 0 Å². The maximum atomic E-state index is 12.7. The van der Waals surface area contributed by atoms with E-state index in [2.05, 4.69) is 55.8 Å². The summed E-state index contributed by atoms with van der Waals surface area (Å²) >= 11 is 4.24. The van der Waals surface area contributed by atoms with Crippen LogP contribution in [-0.2, 0) is 23.9 Å². The molecule has 14 heteroatoms. The molecule has 0 aromatic rings. The fourth-order valence-corrected chi connectivity index (χ4v) is 12.1. The van der Waals surface area contributed by atoms with Crippen LogP contribution < -0.4 is 0 Å². The van der Waals surface area contributed by atoms with E-state index in [0.29, 0.717) is 25.4 Å². The molecule has 9 fully saturated rings. The summed E-state index contributed by atoms with van der Waals surface area (Å²) in [5.74, 6) is 7.41. The molecule has 11 atom stereocenters. The van der Waals surface area contributed by atoms with Crippen LogP contribution in [0.4, 0.5) is 26.3 Å². The number of hydrogen-bond acceptors (Lipinski definition) is 6. The van der Waals surface area contributed by atoms with E-state index in [1.54, 1.807) is 58.8 Å². The number of aliphatic hydroxyl groups is 1. The molecule has 0 radical (unpaired) electrons. The molecule has 1 saturated heterocycles. The van der Waals surface area contributed by atoms with Crippen molar-refractivity contribution in [2.45, 2.75) is 230 Å². The van der Waals surface area contributed by atoms with Gasteiger partial charge in [-0.3, -0.25) is 14.4 Å². The van der Waals surface area contributed by atoms with Crippen LogP contribution in [0, 0.1) is 94.2 Å². The fourth-order valence-electron chi connectivity index (χ4n) is 12.1. The Morgan fingerprint density at radius 1 is 0.588 bits per heavy atom. The molecule has 1 N–H and O–H groups in total. The summed E-state index contributed by atoms with van der Waals surface area (Å²) in [5, 5.41) is 9.28. The van der Waals surface area contributed by atoms with Crippen LogP contribution in [0.1, 0.15) is 212 Å². The van der Waals surface area contributed by atoms with E-state index < -0.39 is 42.2 Å². The molecular weight excluding hydrogens is 1110 g/mol. The molecule has 0 aromatic heterocycles. The lowest BCUT2D eigenvalue weighted by Crippen LogP contribution is -2.58. The smallest absolute Gasteiger partial charge is 0.426 e. The molecule has 0 amide bonds. The summed E-state index contributed by atoms with van der Waals surface area (Å²) in [5.41, 5.74) is -4.89. The van der Waals surface area contributed by atoms with Crippen molar-refractivity contribution in [3.63, 3.8) is 0 Å². The lowest BCUT2D eigenvalue weighted by Gasteiger charge is -2.49. The Bertz CT molecular complexity index is 1300. The molecule has 1 heterocycles. The van der Waals surface area contributed by atoms with Crippen LogP contribution in [0.5, 0.6) is 0 Å². The number of carbonyl (C=O) groups excluding carboxylic acids is 3. The van der Waals surface area contributed by atoms with Crippen molar-refractivity contribution in [3.8, 4) is 0 Å². The van der Waals surface area contributed by atoms with Crippen LogP contribution >= 0.6 is 37.2 Å². The third kappa shape index (κ3) is 19.1. The zero-order valence-corrected chi connectivity index (χ0v) is 41.9. The number of alkyl halides is 6. The Morgan fingerprint density at radius 3 is 1.15 bits per heavy atom. The second-order valence-corrected chi connectivity index (χ2v) is 20.6. The van der Waals surface area contributed by atoms with Gasteiger partial charge in [0, 0.05) is 37.2 Å². The van der Waals surface area contributed by atoms with Crippen LogP contribution in [0.3, 0.4) is 0 Å². The lowest BCUT2D eigenvalue weighted by molar-refractivity contribution is -0.373. The lowest BCUT2D eigenvalue weighted by atomic mass is 9.56. The fraction of sp³-hybridized carbons (Fsp3) is 0.944. The molecule has 0 aromatic carbocycles. The first-order valence-corrected chi connectivity index (χ1v) is 29.0. The molecule has 9 rings (SSSR count). The van der Waals surface area contributed by atoms with E-state index in [1.807, 2.05) is 41.5 Å². The van der Waals surface area contributed by atoms with Gasteiger partial charge in [-0.1, -0.05) is 108 Å². The number of hydrogen-bond donors (Lipinski definition) is 1. The standard InChI is InChI=1S/C13H18F6O.C10H16.C9H16.C8H16O2.C6H8O3.8CH4.I2/c1-6-7(2)10-4-8(6)3-9(10)5-11(20,12(14,15)16)13(17,18)19;1-7-2-9-4-8(1)5-10(3-7)6-9;1-6-7(2)9-4-3-8(6)5-9;1-5-8(3,4)7(9)10-6-2;1-3-4(2)6(8)9-5(3)7;;;;;;;;;1-2/h6-10,20H,3-5H2,1-2H3;7-10H,1-6H2;6-9H,3-5H2,1-2H3;5-6H2,1-4H3;3-4H,1-2H3;8*1H4;. The third-order valence-electron chi connectivity index (χ3n) is 16.8. The minimum atomic E-state index is -5.69. The largest absolute Gasteiger partial charge is 0.466 e. The Morgan fingerprint density at radius 2 is 0.926 bits per heavy atom. The van der Waals surface area contributed by atoms with Crippen molar-refractivity contribution in [1.82, 2.24) is 0 Å². The highest BCUT2D eigenvalue weighted by Crippen LogP contribution is 2.59. The van der Waals surface area contributed by atoms with E-state index in [9.17, 15) is 45.8 Å². The van der Waals surface area contributed by atoms with Crippen molar-refractivity contribution >= 4 is 55.1 Å². The number of halogens is 8. The Hall–Kier alpha value is -0.390. The molecule has 8 saturated carbocycles. The zero-order chi connectivity index (χ0) is 45.7. The van der Waals surface area contributed by atoms with Gasteiger partial charge in [0.25, 0.3) is 5.60 Å². The van der Waals surface area contributed by atoms with Crippen molar-refractivity contribution in [3.05, 3.63) is 0 Å². The predicted octanol–water partition coefficient (Wildman–Crippen LogP) is 18.9. The quantitative estimate of drug-likeness (QED) is 0.128. The highest BCUT2D eigenvalue weighted by molar-refractivity contribution is 15.0. The molecule has 11 unspecified atom stereocenters. The highest BCUT2D eigenvalue weighted by Gasteiger charge is 2.71. The minimum absolute atomic E-state index is 0. The SMILES string of the molecule is C.C.C.C.C.C.C.C.C1C2CC3CC1CC(C2)C3.CC1C(=O)OC(=O)C1C.CC1C2CC(CC(O)(C(F)(F)F)C(F)(F)F)C(C2)C1C.CC1C2CCC(C2)C1C.CCOC(=O)C(C)(C)CC.II. The van der Waals surface area contributed by atoms with Gasteiger partial charge < -0.3 is 14.6 Å². The Labute approximate surface area is 438 Å². The number of rotatable bonds is 5. The predicted molar refractivity (Wildman–Crippen MR) is 293 cm³/mol. The number of ether oxygens (including phenoxy) is 2. The van der Waals surface area contributed by atoms with Gasteiger partial charge in [-0.05, 0) is 181 Å². The van der Waals surface area contributed by atoms with Crippen molar-refractivity contribution < 1.29 is 55.3 Å². The van der Waals surface area contributed by atoms with Gasteiger partial charge in [-0.2, -0.15) is 26.3 Å². The summed E-state index contributed by atoms with van der Waals surface area (Å²) in [4.78, 5) is 32.2. The second kappa shape index (κ2) is 32.7. The van der Waals surface area contributed by atoms with Crippen molar-refractivity contribution in [1.29, 1.82) is 0 Å². The summed E-state index contributed by atoms with van der Waals surface area (Å²) in [6.45, 7) is 20.2. The molecule has 68 heavy (non-hydrogen) atoms. The van der Waals surface area contributed by atoms with E-state index in [-0.39, 0.29) is 100 Å². The van der Waals surface area contributed by atoms with E-state index in [4.69, 9.17) is 4.74 Å². The van der Waals surface area contributed by atoms with E-state index in [1.165, 1.54) is 36.5 Å². The number of cyclic esters (lactones) is 2. The van der Waals surface area contributed by atoms with Gasteiger partial charge in [-0.15, -0.1) is 0 Å². The zero-order valence-electron chi connectivity index (χ0n) is 37.6. The highest BCUT2D eigenvalue weighted by atomic mass is 128. The molecule has 1 aliphatic heterocycles. The summed E-state index contributed by atoms with van der Waals surface area (Å²) in [7, 11) is 0. The van der Waals surface area contributed by atoms with Gasteiger partial charge in [0.15, 0.2) is 0 Å². The molecule has 0 spiro atoms. The average molecular weight is 1220 g/mol. The minimum Gasteiger partial charge on any atom is -0.466 e. The normalized spacial score (nSPS) is 33.7. The molecule has 9 aliphatic rings. The van der Waals surface area contributed by atoms with Gasteiger partial charge in [0.2, 0.25) is 0 Å². The maximum absolute atomic E-state index is 12.7. The molecule has 8 aliphatic carbocycles. The Balaban J connectivity index is -0.000000176. The first-order chi connectivity index (χ1) is 27.7. The van der Waals surface area contributed by atoms with Crippen LogP contribution in [0.25, 0.3) is 0 Å². The number of carbonyl (C=O) groups is 3. The van der Waals surface area contributed by atoms with Gasteiger partial charge in [0.1, 0.15) is 0 Å². The molecule has 6 nitrogen and oxygen atoms in total.